The third kappa shape index (κ3) is 3.98. The number of carbonyl (C=O) groups excluding carboxylic acids is 1. The zero-order valence-electron chi connectivity index (χ0n) is 11.9. The standard InChI is InChI=1S/C16H17BrN2O2/c1-18-16(20)12-4-6-13(7-5-12)19-10-11-3-8-15(21-2)14(17)9-11/h3-9,19H,10H2,1-2H3,(H,18,20). The molecule has 21 heavy (non-hydrogen) atoms. The van der Waals surface area contributed by atoms with Crippen molar-refractivity contribution in [1.82, 2.24) is 5.32 Å². The molecule has 2 rings (SSSR count). The van der Waals surface area contributed by atoms with Crippen LogP contribution >= 0.6 is 15.9 Å². The number of carbonyl (C=O) groups is 1. The van der Waals surface area contributed by atoms with Crippen LogP contribution in [-0.2, 0) is 6.54 Å². The summed E-state index contributed by atoms with van der Waals surface area (Å²) in [4.78, 5) is 11.5. The minimum atomic E-state index is -0.0827. The maximum atomic E-state index is 11.5. The summed E-state index contributed by atoms with van der Waals surface area (Å²) in [5.41, 5.74) is 2.75. The molecule has 2 aromatic rings. The van der Waals surface area contributed by atoms with Gasteiger partial charge in [-0.15, -0.1) is 0 Å². The van der Waals surface area contributed by atoms with E-state index in [0.29, 0.717) is 12.1 Å². The van der Waals surface area contributed by atoms with E-state index in [4.69, 9.17) is 4.74 Å². The number of benzene rings is 2. The molecule has 0 aliphatic heterocycles. The van der Waals surface area contributed by atoms with Crippen molar-refractivity contribution < 1.29 is 9.53 Å². The molecule has 0 aliphatic carbocycles. The molecule has 0 saturated heterocycles. The third-order valence-corrected chi connectivity index (χ3v) is 3.71. The minimum absolute atomic E-state index is 0.0827. The summed E-state index contributed by atoms with van der Waals surface area (Å²) in [7, 11) is 3.27. The Morgan fingerprint density at radius 2 is 1.90 bits per heavy atom. The largest absolute Gasteiger partial charge is 0.496 e. The zero-order chi connectivity index (χ0) is 15.2. The number of amides is 1. The van der Waals surface area contributed by atoms with E-state index in [1.165, 1.54) is 0 Å². The topological polar surface area (TPSA) is 50.4 Å². The monoisotopic (exact) mass is 348 g/mol. The molecule has 0 saturated carbocycles. The third-order valence-electron chi connectivity index (χ3n) is 3.09. The Labute approximate surface area is 132 Å². The van der Waals surface area contributed by atoms with Gasteiger partial charge in [0.2, 0.25) is 0 Å². The van der Waals surface area contributed by atoms with Gasteiger partial charge in [0.15, 0.2) is 0 Å². The molecule has 0 atom stereocenters. The van der Waals surface area contributed by atoms with Gasteiger partial charge in [0, 0.05) is 24.8 Å². The molecule has 5 heteroatoms. The van der Waals surface area contributed by atoms with Gasteiger partial charge in [-0.25, -0.2) is 0 Å². The summed E-state index contributed by atoms with van der Waals surface area (Å²) in [6.07, 6.45) is 0. The number of ether oxygens (including phenoxy) is 1. The summed E-state index contributed by atoms with van der Waals surface area (Å²) >= 11 is 3.47. The molecular weight excluding hydrogens is 332 g/mol. The second-order valence-corrected chi connectivity index (χ2v) is 5.33. The molecule has 0 spiro atoms. The Kier molecular flexibility index (Phi) is 5.22. The van der Waals surface area contributed by atoms with Gasteiger partial charge >= 0.3 is 0 Å². The maximum Gasteiger partial charge on any atom is 0.251 e. The summed E-state index contributed by atoms with van der Waals surface area (Å²) in [5, 5.41) is 5.92. The molecule has 0 unspecified atom stereocenters. The van der Waals surface area contributed by atoms with Gasteiger partial charge in [-0.2, -0.15) is 0 Å². The molecular formula is C16H17BrN2O2. The van der Waals surface area contributed by atoms with Crippen molar-refractivity contribution in [2.24, 2.45) is 0 Å². The lowest BCUT2D eigenvalue weighted by molar-refractivity contribution is 0.0963. The number of hydrogen-bond donors (Lipinski definition) is 2. The second kappa shape index (κ2) is 7.13. The molecule has 4 nitrogen and oxygen atoms in total. The Morgan fingerprint density at radius 3 is 2.48 bits per heavy atom. The summed E-state index contributed by atoms with van der Waals surface area (Å²) in [6.45, 7) is 0.696. The molecule has 2 N–H and O–H groups in total. The number of rotatable bonds is 5. The van der Waals surface area contributed by atoms with Crippen LogP contribution in [0, 0.1) is 0 Å². The fourth-order valence-electron chi connectivity index (χ4n) is 1.91. The van der Waals surface area contributed by atoms with Crippen LogP contribution in [0.4, 0.5) is 5.69 Å². The molecule has 110 valence electrons. The first-order valence-corrected chi connectivity index (χ1v) is 7.31. The normalized spacial score (nSPS) is 10.0. The van der Waals surface area contributed by atoms with Gasteiger partial charge in [-0.1, -0.05) is 6.07 Å². The van der Waals surface area contributed by atoms with Crippen LogP contribution in [0.15, 0.2) is 46.9 Å². The average molecular weight is 349 g/mol. The van der Waals surface area contributed by atoms with Crippen molar-refractivity contribution in [3.8, 4) is 5.75 Å². The quantitative estimate of drug-likeness (QED) is 0.870. The maximum absolute atomic E-state index is 11.5. The highest BCUT2D eigenvalue weighted by Crippen LogP contribution is 2.25. The van der Waals surface area contributed by atoms with Crippen LogP contribution < -0.4 is 15.4 Å². The Bertz CT molecular complexity index is 627. The van der Waals surface area contributed by atoms with Crippen LogP contribution in [0.2, 0.25) is 0 Å². The van der Waals surface area contributed by atoms with Crippen molar-refractivity contribution in [2.45, 2.75) is 6.54 Å². The number of hydrogen-bond acceptors (Lipinski definition) is 3. The predicted molar refractivity (Wildman–Crippen MR) is 87.9 cm³/mol. The van der Waals surface area contributed by atoms with E-state index < -0.39 is 0 Å². The van der Waals surface area contributed by atoms with Crippen LogP contribution in [0.3, 0.4) is 0 Å². The van der Waals surface area contributed by atoms with Crippen LogP contribution in [0.25, 0.3) is 0 Å². The molecule has 2 aromatic carbocycles. The lowest BCUT2D eigenvalue weighted by atomic mass is 10.2. The van der Waals surface area contributed by atoms with Crippen molar-refractivity contribution >= 4 is 27.5 Å². The number of anilines is 1. The van der Waals surface area contributed by atoms with Crippen molar-refractivity contribution in [3.05, 3.63) is 58.1 Å². The lowest BCUT2D eigenvalue weighted by Crippen LogP contribution is -2.17. The average Bonchev–Trinajstić information content (AvgIpc) is 2.52. The molecule has 0 aromatic heterocycles. The number of halogens is 1. The van der Waals surface area contributed by atoms with E-state index >= 15 is 0 Å². The molecule has 0 radical (unpaired) electrons. The smallest absolute Gasteiger partial charge is 0.251 e. The van der Waals surface area contributed by atoms with Gasteiger partial charge in [-0.05, 0) is 57.9 Å². The van der Waals surface area contributed by atoms with Gasteiger partial charge in [0.1, 0.15) is 5.75 Å². The first kappa shape index (κ1) is 15.4. The van der Waals surface area contributed by atoms with E-state index in [2.05, 4.69) is 26.6 Å². The van der Waals surface area contributed by atoms with E-state index in [9.17, 15) is 4.79 Å². The van der Waals surface area contributed by atoms with Crippen LogP contribution in [0.5, 0.6) is 5.75 Å². The number of nitrogens with one attached hydrogen (secondary N) is 2. The van der Waals surface area contributed by atoms with Crippen molar-refractivity contribution in [1.29, 1.82) is 0 Å². The van der Waals surface area contributed by atoms with E-state index in [-0.39, 0.29) is 5.91 Å². The first-order valence-electron chi connectivity index (χ1n) is 6.52. The molecule has 0 fully saturated rings. The Morgan fingerprint density at radius 1 is 1.19 bits per heavy atom. The highest BCUT2D eigenvalue weighted by molar-refractivity contribution is 9.10. The fourth-order valence-corrected chi connectivity index (χ4v) is 2.50. The number of methoxy groups -OCH3 is 1. The van der Waals surface area contributed by atoms with Crippen molar-refractivity contribution in [3.63, 3.8) is 0 Å². The highest BCUT2D eigenvalue weighted by atomic mass is 79.9. The van der Waals surface area contributed by atoms with E-state index in [1.54, 1.807) is 26.3 Å². The summed E-state index contributed by atoms with van der Waals surface area (Å²) < 4.78 is 6.13. The van der Waals surface area contributed by atoms with Gasteiger partial charge in [0.05, 0.1) is 11.6 Å². The Hall–Kier alpha value is -2.01. The summed E-state index contributed by atoms with van der Waals surface area (Å²) in [6, 6.07) is 13.3. The highest BCUT2D eigenvalue weighted by Gasteiger charge is 2.03. The summed E-state index contributed by atoms with van der Waals surface area (Å²) in [5.74, 6) is 0.731. The van der Waals surface area contributed by atoms with Crippen LogP contribution in [0.1, 0.15) is 15.9 Å². The first-order chi connectivity index (χ1) is 10.1. The molecule has 0 aliphatic rings. The zero-order valence-corrected chi connectivity index (χ0v) is 13.5. The van der Waals surface area contributed by atoms with E-state index in [1.807, 2.05) is 30.3 Å². The predicted octanol–water partition coefficient (Wildman–Crippen LogP) is 3.43. The van der Waals surface area contributed by atoms with Gasteiger partial charge < -0.3 is 15.4 Å². The molecule has 0 bridgehead atoms. The fraction of sp³-hybridized carbons (Fsp3) is 0.188. The van der Waals surface area contributed by atoms with Crippen LogP contribution in [-0.4, -0.2) is 20.1 Å². The Balaban J connectivity index is 1.99. The van der Waals surface area contributed by atoms with E-state index in [0.717, 1.165) is 21.5 Å². The van der Waals surface area contributed by atoms with Gasteiger partial charge in [-0.3, -0.25) is 4.79 Å². The lowest BCUT2D eigenvalue weighted by Gasteiger charge is -2.09. The SMILES string of the molecule is CNC(=O)c1ccc(NCc2ccc(OC)c(Br)c2)cc1. The van der Waals surface area contributed by atoms with Crippen molar-refractivity contribution in [2.75, 3.05) is 19.5 Å². The molecule has 0 heterocycles. The minimum Gasteiger partial charge on any atom is -0.496 e. The molecule has 1 amide bonds. The van der Waals surface area contributed by atoms with Gasteiger partial charge in [0.25, 0.3) is 5.91 Å². The second-order valence-electron chi connectivity index (χ2n) is 4.48.